The number of benzene rings is 2. The first kappa shape index (κ1) is 19.2. The van der Waals surface area contributed by atoms with Crippen molar-refractivity contribution in [2.45, 2.75) is 31.2 Å². The second kappa shape index (κ2) is 7.73. The van der Waals surface area contributed by atoms with Gasteiger partial charge in [0, 0.05) is 23.8 Å². The fourth-order valence-electron chi connectivity index (χ4n) is 4.32. The summed E-state index contributed by atoms with van der Waals surface area (Å²) in [6, 6.07) is 8.81. The average molecular weight is 398 g/mol. The van der Waals surface area contributed by atoms with Gasteiger partial charge in [-0.15, -0.1) is 0 Å². The van der Waals surface area contributed by atoms with Crippen LogP contribution in [0.1, 0.15) is 41.1 Å². The number of anilines is 1. The molecule has 1 N–H and O–H groups in total. The minimum atomic E-state index is -0.548. The highest BCUT2D eigenvalue weighted by Crippen LogP contribution is 2.43. The Kier molecular flexibility index (Phi) is 5.13. The fraction of sp³-hybridized carbons (Fsp3) is 0.364. The molecule has 7 heteroatoms. The van der Waals surface area contributed by atoms with Crippen LogP contribution in [0.2, 0.25) is 0 Å². The predicted octanol–water partition coefficient (Wildman–Crippen LogP) is 3.57. The Morgan fingerprint density at radius 3 is 2.48 bits per heavy atom. The Balaban J connectivity index is 1.78. The van der Waals surface area contributed by atoms with E-state index in [2.05, 4.69) is 5.32 Å². The number of fused-ring (bicyclic) bond motifs is 2. The lowest BCUT2D eigenvalue weighted by Crippen LogP contribution is -2.53. The third kappa shape index (κ3) is 3.41. The molecule has 2 amide bonds. The summed E-state index contributed by atoms with van der Waals surface area (Å²) >= 11 is 0. The van der Waals surface area contributed by atoms with Crippen LogP contribution in [0.3, 0.4) is 0 Å². The maximum atomic E-state index is 13.3. The molecule has 152 valence electrons. The zero-order chi connectivity index (χ0) is 20.5. The predicted molar refractivity (Wildman–Crippen MR) is 106 cm³/mol. The van der Waals surface area contributed by atoms with Gasteiger partial charge in [-0.1, -0.05) is 0 Å². The van der Waals surface area contributed by atoms with E-state index in [9.17, 15) is 14.0 Å². The molecule has 0 unspecified atom stereocenters. The summed E-state index contributed by atoms with van der Waals surface area (Å²) < 4.78 is 24.0. The lowest BCUT2D eigenvalue weighted by atomic mass is 9.78. The molecule has 1 fully saturated rings. The SMILES string of the molecule is COc1cc2c(cc1OC)[C@@H](C(=O)Nc1ccc(F)cc1)[C@@H]1CCCCN1C2=O. The van der Waals surface area contributed by atoms with Gasteiger partial charge in [-0.2, -0.15) is 0 Å². The standard InChI is InChI=1S/C22H23FN2O4/c1-28-18-11-15-16(12-19(18)29-2)22(27)25-10-4-3-5-17(25)20(15)21(26)24-14-8-6-13(23)7-9-14/h6-9,11-12,17,20H,3-5,10H2,1-2H3,(H,24,26)/t17-,20+/m0/s1. The number of carbonyl (C=O) groups excluding carboxylic acids is 2. The second-order valence-electron chi connectivity index (χ2n) is 7.33. The Hall–Kier alpha value is -3.09. The molecule has 2 aromatic rings. The van der Waals surface area contributed by atoms with Gasteiger partial charge < -0.3 is 19.7 Å². The van der Waals surface area contributed by atoms with E-state index < -0.39 is 5.92 Å². The zero-order valence-electron chi connectivity index (χ0n) is 16.4. The van der Waals surface area contributed by atoms with Crippen molar-refractivity contribution >= 4 is 17.5 Å². The van der Waals surface area contributed by atoms with Crippen molar-refractivity contribution in [2.24, 2.45) is 0 Å². The van der Waals surface area contributed by atoms with Gasteiger partial charge in [-0.05, 0) is 61.2 Å². The number of hydrogen-bond acceptors (Lipinski definition) is 4. The van der Waals surface area contributed by atoms with E-state index in [-0.39, 0.29) is 23.7 Å². The zero-order valence-corrected chi connectivity index (χ0v) is 16.4. The van der Waals surface area contributed by atoms with Gasteiger partial charge >= 0.3 is 0 Å². The molecule has 0 radical (unpaired) electrons. The Labute approximate surface area is 168 Å². The summed E-state index contributed by atoms with van der Waals surface area (Å²) in [5.74, 6) is -0.304. The maximum Gasteiger partial charge on any atom is 0.254 e. The third-order valence-electron chi connectivity index (χ3n) is 5.71. The first-order valence-corrected chi connectivity index (χ1v) is 9.67. The number of piperidine rings is 1. The number of amides is 2. The molecular formula is C22H23FN2O4. The highest BCUT2D eigenvalue weighted by atomic mass is 19.1. The lowest BCUT2D eigenvalue weighted by Gasteiger charge is -2.44. The molecule has 1 saturated heterocycles. The fourth-order valence-corrected chi connectivity index (χ4v) is 4.32. The molecule has 2 atom stereocenters. The quantitative estimate of drug-likeness (QED) is 0.855. The summed E-state index contributed by atoms with van der Waals surface area (Å²) in [6.07, 6.45) is 2.62. The smallest absolute Gasteiger partial charge is 0.254 e. The molecular weight excluding hydrogens is 375 g/mol. The number of rotatable bonds is 4. The molecule has 2 heterocycles. The summed E-state index contributed by atoms with van der Waals surface area (Å²) in [7, 11) is 3.04. The van der Waals surface area contributed by atoms with E-state index in [0.717, 1.165) is 19.3 Å². The number of halogens is 1. The molecule has 2 aromatic carbocycles. The van der Waals surface area contributed by atoms with Crippen LogP contribution in [0.25, 0.3) is 0 Å². The number of methoxy groups -OCH3 is 2. The third-order valence-corrected chi connectivity index (χ3v) is 5.71. The van der Waals surface area contributed by atoms with Gasteiger partial charge in [0.2, 0.25) is 5.91 Å². The minimum Gasteiger partial charge on any atom is -0.493 e. The number of nitrogens with one attached hydrogen (secondary N) is 1. The molecule has 0 aromatic heterocycles. The van der Waals surface area contributed by atoms with Gasteiger partial charge in [0.25, 0.3) is 5.91 Å². The van der Waals surface area contributed by atoms with Gasteiger partial charge in [0.1, 0.15) is 5.82 Å². The van der Waals surface area contributed by atoms with Crippen LogP contribution >= 0.6 is 0 Å². The van der Waals surface area contributed by atoms with Gasteiger partial charge in [0.05, 0.1) is 20.1 Å². The average Bonchev–Trinajstić information content (AvgIpc) is 2.74. The van der Waals surface area contributed by atoms with Gasteiger partial charge in [-0.25, -0.2) is 4.39 Å². The summed E-state index contributed by atoms with van der Waals surface area (Å²) in [6.45, 7) is 0.623. The molecule has 29 heavy (non-hydrogen) atoms. The van der Waals surface area contributed by atoms with E-state index in [4.69, 9.17) is 9.47 Å². The van der Waals surface area contributed by atoms with E-state index in [0.29, 0.717) is 34.9 Å². The first-order chi connectivity index (χ1) is 14.0. The van der Waals surface area contributed by atoms with Crippen LogP contribution in [-0.2, 0) is 4.79 Å². The number of carbonyl (C=O) groups is 2. The van der Waals surface area contributed by atoms with E-state index in [1.807, 2.05) is 0 Å². The van der Waals surface area contributed by atoms with Crippen LogP contribution in [0, 0.1) is 5.82 Å². The van der Waals surface area contributed by atoms with Crippen molar-refractivity contribution in [3.63, 3.8) is 0 Å². The molecule has 2 aliphatic heterocycles. The molecule has 0 bridgehead atoms. The van der Waals surface area contributed by atoms with Crippen LogP contribution in [0.15, 0.2) is 36.4 Å². The highest BCUT2D eigenvalue weighted by molar-refractivity contribution is 6.04. The first-order valence-electron chi connectivity index (χ1n) is 9.67. The van der Waals surface area contributed by atoms with Crippen molar-refractivity contribution < 1.29 is 23.5 Å². The Bertz CT molecular complexity index is 945. The number of ether oxygens (including phenoxy) is 2. The molecule has 4 rings (SSSR count). The van der Waals surface area contributed by atoms with Crippen LogP contribution in [-0.4, -0.2) is 43.5 Å². The molecule has 0 spiro atoms. The van der Waals surface area contributed by atoms with E-state index >= 15 is 0 Å². The lowest BCUT2D eigenvalue weighted by molar-refractivity contribution is -0.119. The maximum absolute atomic E-state index is 13.3. The van der Waals surface area contributed by atoms with Gasteiger partial charge in [-0.3, -0.25) is 9.59 Å². The Morgan fingerprint density at radius 2 is 1.79 bits per heavy atom. The van der Waals surface area contributed by atoms with Crippen LogP contribution in [0.5, 0.6) is 11.5 Å². The monoisotopic (exact) mass is 398 g/mol. The van der Waals surface area contributed by atoms with E-state index in [1.165, 1.54) is 38.5 Å². The van der Waals surface area contributed by atoms with Crippen molar-refractivity contribution in [3.05, 3.63) is 53.3 Å². The molecule has 0 saturated carbocycles. The van der Waals surface area contributed by atoms with Crippen LogP contribution in [0.4, 0.5) is 10.1 Å². The van der Waals surface area contributed by atoms with E-state index in [1.54, 1.807) is 17.0 Å². The normalized spacial score (nSPS) is 20.5. The highest BCUT2D eigenvalue weighted by Gasteiger charge is 2.44. The Morgan fingerprint density at radius 1 is 1.10 bits per heavy atom. The van der Waals surface area contributed by atoms with Crippen molar-refractivity contribution in [3.8, 4) is 11.5 Å². The summed E-state index contributed by atoms with van der Waals surface area (Å²) in [5.41, 5.74) is 1.60. The van der Waals surface area contributed by atoms with Crippen molar-refractivity contribution in [1.82, 2.24) is 4.90 Å². The number of hydrogen-bond donors (Lipinski definition) is 1. The van der Waals surface area contributed by atoms with Gasteiger partial charge in [0.15, 0.2) is 11.5 Å². The molecule has 0 aliphatic carbocycles. The largest absolute Gasteiger partial charge is 0.493 e. The molecule has 6 nitrogen and oxygen atoms in total. The van der Waals surface area contributed by atoms with Crippen molar-refractivity contribution in [1.29, 1.82) is 0 Å². The summed E-state index contributed by atoms with van der Waals surface area (Å²) in [5, 5.41) is 2.88. The summed E-state index contributed by atoms with van der Waals surface area (Å²) in [4.78, 5) is 28.3. The topological polar surface area (TPSA) is 67.9 Å². The molecule has 2 aliphatic rings. The number of nitrogens with zero attached hydrogens (tertiary/aromatic N) is 1. The minimum absolute atomic E-state index is 0.0866. The van der Waals surface area contributed by atoms with Crippen LogP contribution < -0.4 is 14.8 Å². The van der Waals surface area contributed by atoms with Crippen molar-refractivity contribution in [2.75, 3.05) is 26.1 Å². The second-order valence-corrected chi connectivity index (χ2v) is 7.33.